The molecule has 0 aromatic rings. The lowest BCUT2D eigenvalue weighted by molar-refractivity contribution is -0.129. The third-order valence-electron chi connectivity index (χ3n) is 3.19. The van der Waals surface area contributed by atoms with Gasteiger partial charge in [-0.1, -0.05) is 30.8 Å². The highest BCUT2D eigenvalue weighted by Crippen LogP contribution is 2.28. The summed E-state index contributed by atoms with van der Waals surface area (Å²) in [5.41, 5.74) is 5.34. The van der Waals surface area contributed by atoms with Gasteiger partial charge in [0.25, 0.3) is 0 Å². The molecule has 92 valence electrons. The second kappa shape index (κ2) is 6.35. The first kappa shape index (κ1) is 12.8. The van der Waals surface area contributed by atoms with Crippen LogP contribution in [0.5, 0.6) is 0 Å². The Hall–Kier alpha value is -1.26. The summed E-state index contributed by atoms with van der Waals surface area (Å²) < 4.78 is 0. The van der Waals surface area contributed by atoms with Crippen LogP contribution >= 0.6 is 0 Å². The summed E-state index contributed by atoms with van der Waals surface area (Å²) in [6, 6.07) is 0. The number of oxime groups is 1. The van der Waals surface area contributed by atoms with Gasteiger partial charge in [-0.25, -0.2) is 0 Å². The maximum absolute atomic E-state index is 11.7. The number of nitrogens with zero attached hydrogens (tertiary/aromatic N) is 2. The molecule has 1 saturated carbocycles. The highest BCUT2D eigenvalue weighted by molar-refractivity contribution is 5.86. The van der Waals surface area contributed by atoms with Crippen LogP contribution in [0, 0.1) is 5.92 Å². The fraction of sp³-hybridized carbons (Fsp3) is 0.818. The van der Waals surface area contributed by atoms with E-state index >= 15 is 0 Å². The van der Waals surface area contributed by atoms with Crippen LogP contribution in [0.4, 0.5) is 0 Å². The monoisotopic (exact) mass is 227 g/mol. The summed E-state index contributed by atoms with van der Waals surface area (Å²) in [7, 11) is 1.68. The summed E-state index contributed by atoms with van der Waals surface area (Å²) in [5, 5.41) is 11.2. The van der Waals surface area contributed by atoms with E-state index in [9.17, 15) is 4.79 Å². The number of carbonyl (C=O) groups excluding carboxylic acids is 1. The maximum atomic E-state index is 11.7. The summed E-state index contributed by atoms with van der Waals surface area (Å²) in [6.07, 6.45) is 6.67. The largest absolute Gasteiger partial charge is 0.409 e. The molecule has 0 radical (unpaired) electrons. The van der Waals surface area contributed by atoms with Gasteiger partial charge in [-0.15, -0.1) is 0 Å². The highest BCUT2D eigenvalue weighted by Gasteiger charge is 2.17. The molecule has 1 rings (SSSR count). The lowest BCUT2D eigenvalue weighted by Crippen LogP contribution is -2.35. The molecule has 0 atom stereocenters. The number of carbonyl (C=O) groups is 1. The van der Waals surface area contributed by atoms with Crippen LogP contribution in [0.2, 0.25) is 0 Å². The highest BCUT2D eigenvalue weighted by atomic mass is 16.4. The number of hydrogen-bond acceptors (Lipinski definition) is 3. The van der Waals surface area contributed by atoms with Gasteiger partial charge in [-0.05, 0) is 12.3 Å². The zero-order chi connectivity index (χ0) is 12.0. The Morgan fingerprint density at radius 1 is 1.50 bits per heavy atom. The van der Waals surface area contributed by atoms with E-state index in [0.29, 0.717) is 6.42 Å². The van der Waals surface area contributed by atoms with E-state index in [0.717, 1.165) is 12.3 Å². The molecule has 3 N–H and O–H groups in total. The summed E-state index contributed by atoms with van der Waals surface area (Å²) in [6.45, 7) is 0.194. The van der Waals surface area contributed by atoms with Crippen molar-refractivity contribution in [3.05, 3.63) is 0 Å². The van der Waals surface area contributed by atoms with Crippen molar-refractivity contribution >= 4 is 11.7 Å². The fourth-order valence-corrected chi connectivity index (χ4v) is 2.18. The van der Waals surface area contributed by atoms with Crippen LogP contribution in [0.1, 0.15) is 38.5 Å². The first-order valence-electron chi connectivity index (χ1n) is 5.84. The predicted molar refractivity (Wildman–Crippen MR) is 62.2 cm³/mol. The third kappa shape index (κ3) is 4.08. The molecule has 5 nitrogen and oxygen atoms in total. The van der Waals surface area contributed by atoms with E-state index < -0.39 is 0 Å². The van der Waals surface area contributed by atoms with E-state index in [1.54, 1.807) is 7.05 Å². The second-order valence-electron chi connectivity index (χ2n) is 4.53. The van der Waals surface area contributed by atoms with E-state index in [4.69, 9.17) is 10.9 Å². The van der Waals surface area contributed by atoms with Crippen LogP contribution in [-0.4, -0.2) is 35.4 Å². The van der Waals surface area contributed by atoms with Crippen LogP contribution < -0.4 is 5.73 Å². The Balaban J connectivity index is 2.22. The van der Waals surface area contributed by atoms with E-state index in [2.05, 4.69) is 5.16 Å². The Kier molecular flexibility index (Phi) is 5.08. The minimum Gasteiger partial charge on any atom is -0.409 e. The van der Waals surface area contributed by atoms with Crippen LogP contribution in [0.3, 0.4) is 0 Å². The maximum Gasteiger partial charge on any atom is 0.222 e. The van der Waals surface area contributed by atoms with E-state index in [-0.39, 0.29) is 18.3 Å². The molecular formula is C11H21N3O2. The van der Waals surface area contributed by atoms with E-state index in [1.807, 2.05) is 0 Å². The van der Waals surface area contributed by atoms with Gasteiger partial charge in [-0.2, -0.15) is 0 Å². The van der Waals surface area contributed by atoms with Gasteiger partial charge in [0.1, 0.15) is 0 Å². The molecule has 0 aliphatic heterocycles. The van der Waals surface area contributed by atoms with Crippen molar-refractivity contribution in [2.45, 2.75) is 38.5 Å². The van der Waals surface area contributed by atoms with Crippen molar-refractivity contribution in [1.29, 1.82) is 0 Å². The molecule has 1 amide bonds. The molecule has 1 fully saturated rings. The predicted octanol–water partition coefficient (Wildman–Crippen LogP) is 1.16. The number of likely N-dealkylation sites (N-methyl/N-ethyl adjacent to an activating group) is 1. The number of amidine groups is 1. The number of rotatable bonds is 5. The molecular weight excluding hydrogens is 206 g/mol. The summed E-state index contributed by atoms with van der Waals surface area (Å²) in [5.74, 6) is 0.858. The zero-order valence-electron chi connectivity index (χ0n) is 9.85. The third-order valence-corrected chi connectivity index (χ3v) is 3.19. The zero-order valence-corrected chi connectivity index (χ0v) is 9.85. The van der Waals surface area contributed by atoms with Crippen LogP contribution in [0.15, 0.2) is 5.16 Å². The minimum atomic E-state index is 0.0664. The average Bonchev–Trinajstić information content (AvgIpc) is 2.78. The topological polar surface area (TPSA) is 78.9 Å². The fourth-order valence-electron chi connectivity index (χ4n) is 2.18. The first-order chi connectivity index (χ1) is 7.63. The summed E-state index contributed by atoms with van der Waals surface area (Å²) >= 11 is 0. The Morgan fingerprint density at radius 2 is 2.12 bits per heavy atom. The lowest BCUT2D eigenvalue weighted by atomic mass is 10.0. The summed E-state index contributed by atoms with van der Waals surface area (Å²) in [4.78, 5) is 13.2. The van der Waals surface area contributed by atoms with Crippen LogP contribution in [-0.2, 0) is 4.79 Å². The number of hydrogen-bond donors (Lipinski definition) is 2. The average molecular weight is 227 g/mol. The Labute approximate surface area is 96.3 Å². The van der Waals surface area contributed by atoms with Crippen molar-refractivity contribution in [1.82, 2.24) is 4.90 Å². The normalized spacial score (nSPS) is 17.7. The van der Waals surface area contributed by atoms with Gasteiger partial charge in [-0.3, -0.25) is 4.79 Å². The van der Waals surface area contributed by atoms with Gasteiger partial charge in [0.15, 0.2) is 5.84 Å². The Bertz CT molecular complexity index is 260. The molecule has 0 aromatic heterocycles. The van der Waals surface area contributed by atoms with Gasteiger partial charge < -0.3 is 15.8 Å². The molecule has 0 aromatic carbocycles. The van der Waals surface area contributed by atoms with E-state index in [1.165, 1.54) is 30.6 Å². The Morgan fingerprint density at radius 3 is 2.69 bits per heavy atom. The number of amides is 1. The van der Waals surface area contributed by atoms with Crippen molar-refractivity contribution < 1.29 is 10.0 Å². The van der Waals surface area contributed by atoms with Gasteiger partial charge >= 0.3 is 0 Å². The van der Waals surface area contributed by atoms with Crippen molar-refractivity contribution in [3.63, 3.8) is 0 Å². The molecule has 1 aliphatic rings. The molecule has 1 aliphatic carbocycles. The molecule has 0 saturated heterocycles. The molecule has 0 unspecified atom stereocenters. The SMILES string of the molecule is CN(CC(N)=NO)C(=O)CCC1CCCC1. The molecule has 0 spiro atoms. The smallest absolute Gasteiger partial charge is 0.222 e. The molecule has 0 bridgehead atoms. The van der Waals surface area contributed by atoms with Gasteiger partial charge in [0, 0.05) is 13.5 Å². The minimum absolute atomic E-state index is 0.0664. The van der Waals surface area contributed by atoms with Crippen LogP contribution in [0.25, 0.3) is 0 Å². The standard InChI is InChI=1S/C11H21N3O2/c1-14(8-10(12)13-16)11(15)7-6-9-4-2-3-5-9/h9,16H,2-8H2,1H3,(H2,12,13). The first-order valence-corrected chi connectivity index (χ1v) is 5.84. The van der Waals surface area contributed by atoms with Crippen molar-refractivity contribution in [2.24, 2.45) is 16.8 Å². The van der Waals surface area contributed by atoms with Crippen molar-refractivity contribution in [3.8, 4) is 0 Å². The second-order valence-corrected chi connectivity index (χ2v) is 4.53. The molecule has 0 heterocycles. The molecule has 5 heteroatoms. The quantitative estimate of drug-likeness (QED) is 0.320. The van der Waals surface area contributed by atoms with Gasteiger partial charge in [0.2, 0.25) is 5.91 Å². The number of nitrogens with two attached hydrogens (primary N) is 1. The van der Waals surface area contributed by atoms with Crippen molar-refractivity contribution in [2.75, 3.05) is 13.6 Å². The molecule has 16 heavy (non-hydrogen) atoms. The lowest BCUT2D eigenvalue weighted by Gasteiger charge is -2.17. The van der Waals surface area contributed by atoms with Gasteiger partial charge in [0.05, 0.1) is 6.54 Å².